The summed E-state index contributed by atoms with van der Waals surface area (Å²) in [6.07, 6.45) is 3.66. The molecular weight excluding hydrogens is 330 g/mol. The maximum atomic E-state index is 8.53. The van der Waals surface area contributed by atoms with Crippen molar-refractivity contribution in [2.45, 2.75) is 77.8 Å². The molecule has 0 aromatic rings. The number of nitrogens with two attached hydrogens (primary N) is 1. The van der Waals surface area contributed by atoms with Crippen molar-refractivity contribution in [1.82, 2.24) is 0 Å². The highest BCUT2D eigenvalue weighted by atomic mass is 16.7. The van der Waals surface area contributed by atoms with Crippen molar-refractivity contribution in [3.8, 4) is 0 Å². The van der Waals surface area contributed by atoms with Gasteiger partial charge in [0.15, 0.2) is 0 Å². The summed E-state index contributed by atoms with van der Waals surface area (Å²) in [6, 6.07) is 0. The lowest BCUT2D eigenvalue weighted by atomic mass is 9.65. The number of nitrogens with one attached hydrogen (secondary N) is 1. The van der Waals surface area contributed by atoms with Gasteiger partial charge in [-0.25, -0.2) is 0 Å². The topological polar surface area (TPSA) is 86.4 Å². The average Bonchev–Trinajstić information content (AvgIpc) is 2.81. The van der Waals surface area contributed by atoms with Crippen molar-refractivity contribution in [2.75, 3.05) is 0 Å². The third kappa shape index (κ3) is 2.83. The highest BCUT2D eigenvalue weighted by Gasteiger charge is 2.57. The van der Waals surface area contributed by atoms with E-state index in [1.165, 1.54) is 0 Å². The monoisotopic (exact) mass is 359 g/mol. The fourth-order valence-electron chi connectivity index (χ4n) is 2.99. The molecule has 0 amide bonds. The van der Waals surface area contributed by atoms with Crippen molar-refractivity contribution in [1.29, 1.82) is 5.41 Å². The van der Waals surface area contributed by atoms with E-state index in [9.17, 15) is 0 Å². The zero-order valence-electron chi connectivity index (χ0n) is 17.0. The summed E-state index contributed by atoms with van der Waals surface area (Å²) in [5, 5.41) is 14.8. The van der Waals surface area contributed by atoms with E-state index in [1.54, 1.807) is 0 Å². The van der Waals surface area contributed by atoms with Gasteiger partial charge in [0.25, 0.3) is 0 Å². The van der Waals surface area contributed by atoms with Gasteiger partial charge in [0.2, 0.25) is 5.71 Å². The van der Waals surface area contributed by atoms with Crippen LogP contribution in [0.15, 0.2) is 23.1 Å². The third-order valence-electron chi connectivity index (χ3n) is 6.33. The van der Waals surface area contributed by atoms with Crippen molar-refractivity contribution in [2.24, 2.45) is 0 Å². The van der Waals surface area contributed by atoms with Crippen LogP contribution in [0, 0.1) is 5.41 Å². The highest BCUT2D eigenvalue weighted by molar-refractivity contribution is 6.78. The summed E-state index contributed by atoms with van der Waals surface area (Å²) in [7, 11) is -1.22. The van der Waals surface area contributed by atoms with E-state index >= 15 is 0 Å². The normalized spacial score (nSPS) is 29.1. The first kappa shape index (κ1) is 19.5. The van der Waals surface area contributed by atoms with Crippen LogP contribution < -0.4 is 5.41 Å². The van der Waals surface area contributed by atoms with Gasteiger partial charge >= 0.3 is 14.2 Å². The van der Waals surface area contributed by atoms with Crippen molar-refractivity contribution >= 4 is 25.7 Å². The minimum absolute atomic E-state index is 0.190. The zero-order chi connectivity index (χ0) is 19.7. The molecule has 26 heavy (non-hydrogen) atoms. The van der Waals surface area contributed by atoms with Gasteiger partial charge in [-0.1, -0.05) is 12.2 Å². The minimum Gasteiger partial charge on any atom is -0.399 e. The Morgan fingerprint density at radius 2 is 1.00 bits per heavy atom. The van der Waals surface area contributed by atoms with Gasteiger partial charge in [0, 0.05) is 5.47 Å². The molecule has 8 heteroatoms. The van der Waals surface area contributed by atoms with Gasteiger partial charge in [-0.05, 0) is 55.4 Å². The Bertz CT molecular complexity index is 643. The van der Waals surface area contributed by atoms with Crippen LogP contribution in [0.3, 0.4) is 0 Å². The fraction of sp³-hybridized carbons (Fsp3) is 0.667. The van der Waals surface area contributed by atoms with Gasteiger partial charge in [0.05, 0.1) is 27.9 Å². The highest BCUT2D eigenvalue weighted by Crippen LogP contribution is 2.41. The van der Waals surface area contributed by atoms with Crippen LogP contribution in [-0.2, 0) is 18.6 Å². The van der Waals surface area contributed by atoms with Crippen molar-refractivity contribution in [3.63, 3.8) is 0 Å². The summed E-state index contributed by atoms with van der Waals surface area (Å²) in [5.41, 5.74) is -0.0679. The van der Waals surface area contributed by atoms with E-state index in [1.807, 2.05) is 67.5 Å². The molecule has 0 unspecified atom stereocenters. The van der Waals surface area contributed by atoms with Gasteiger partial charge in [-0.2, -0.15) is 0 Å². The Morgan fingerprint density at radius 3 is 1.38 bits per heavy atom. The van der Waals surface area contributed by atoms with Gasteiger partial charge < -0.3 is 18.6 Å². The molecule has 1 aliphatic carbocycles. The summed E-state index contributed by atoms with van der Waals surface area (Å²) >= 11 is 0. The van der Waals surface area contributed by atoms with Crippen LogP contribution in [0.2, 0.25) is 0 Å². The lowest BCUT2D eigenvalue weighted by Crippen LogP contribution is -2.52. The second-order valence-corrected chi connectivity index (χ2v) is 9.21. The van der Waals surface area contributed by atoms with Crippen LogP contribution in [-0.4, -0.2) is 48.1 Å². The number of rotatable bonds is 2. The summed E-state index contributed by atoms with van der Waals surface area (Å²) < 4.78 is 24.3. The molecule has 0 radical (unpaired) electrons. The molecule has 0 aromatic heterocycles. The quantitative estimate of drug-likeness (QED) is 0.576. The molecule has 3 rings (SSSR count). The molecule has 3 N–H and O–H groups in total. The van der Waals surface area contributed by atoms with E-state index in [2.05, 4.69) is 0 Å². The lowest BCUT2D eigenvalue weighted by Gasteiger charge is -2.32. The van der Waals surface area contributed by atoms with Crippen LogP contribution in [0.5, 0.6) is 0 Å². The Kier molecular flexibility index (Phi) is 4.24. The largest absolute Gasteiger partial charge is 0.501 e. The standard InChI is InChI=1S/C18H28B2N2O4/c1-15(2)16(3,4)24-19(23-15)11-9-10-12(14(22)13(11)21)20-25-17(5,6)18(7,8)26-20/h9-10,21-22H,1-8H3/p+1. The van der Waals surface area contributed by atoms with E-state index in [0.29, 0.717) is 16.7 Å². The number of hydrogen-bond donors (Lipinski definition) is 2. The van der Waals surface area contributed by atoms with Crippen LogP contribution in [0.1, 0.15) is 55.4 Å². The predicted molar refractivity (Wildman–Crippen MR) is 103 cm³/mol. The maximum Gasteiger partial charge on any atom is 0.501 e. The predicted octanol–water partition coefficient (Wildman–Crippen LogP) is 1.34. The Labute approximate surface area is 156 Å². The Hall–Kier alpha value is -1.21. The molecule has 0 aromatic carbocycles. The molecule has 0 bridgehead atoms. The fourth-order valence-corrected chi connectivity index (χ4v) is 2.99. The maximum absolute atomic E-state index is 8.53. The molecule has 0 spiro atoms. The number of allylic oxidation sites excluding steroid dienone is 4. The Balaban J connectivity index is 1.88. The van der Waals surface area contributed by atoms with E-state index in [-0.39, 0.29) is 5.71 Å². The molecule has 2 fully saturated rings. The molecule has 2 aliphatic heterocycles. The molecule has 3 aliphatic rings. The van der Waals surface area contributed by atoms with E-state index < -0.39 is 36.6 Å². The summed E-state index contributed by atoms with van der Waals surface area (Å²) in [4.78, 5) is 0. The van der Waals surface area contributed by atoms with Crippen molar-refractivity contribution in [3.05, 3.63) is 23.1 Å². The van der Waals surface area contributed by atoms with Crippen molar-refractivity contribution < 1.29 is 24.0 Å². The molecular formula is C18H29B2N2O4+. The molecule has 6 nitrogen and oxygen atoms in total. The van der Waals surface area contributed by atoms with Gasteiger partial charge in [-0.3, -0.25) is 10.8 Å². The second-order valence-electron chi connectivity index (χ2n) is 9.21. The molecule has 0 atom stereocenters. The lowest BCUT2D eigenvalue weighted by molar-refractivity contribution is -0.109. The SMILES string of the molecule is CC1(C)OB(C2=CC=C(B3OC(C)(C)C(C)(C)O3)C(=[NH2+])C2=N)OC1(C)C. The second kappa shape index (κ2) is 5.64. The molecule has 0 saturated carbocycles. The van der Waals surface area contributed by atoms with Crippen LogP contribution in [0.4, 0.5) is 0 Å². The molecule has 140 valence electrons. The van der Waals surface area contributed by atoms with E-state index in [4.69, 9.17) is 29.4 Å². The van der Waals surface area contributed by atoms with Crippen LogP contribution in [0.25, 0.3) is 0 Å². The Morgan fingerprint density at radius 1 is 0.692 bits per heavy atom. The smallest absolute Gasteiger partial charge is 0.399 e. The minimum atomic E-state index is -0.623. The molecule has 2 saturated heterocycles. The molecule has 2 heterocycles. The first-order valence-electron chi connectivity index (χ1n) is 9.04. The first-order valence-corrected chi connectivity index (χ1v) is 9.04. The van der Waals surface area contributed by atoms with Gasteiger partial charge in [-0.15, -0.1) is 0 Å². The summed E-state index contributed by atoms with van der Waals surface area (Å²) in [5.74, 6) is 0. The van der Waals surface area contributed by atoms with E-state index in [0.717, 1.165) is 0 Å². The van der Waals surface area contributed by atoms with Crippen LogP contribution >= 0.6 is 0 Å². The van der Waals surface area contributed by atoms with Gasteiger partial charge in [0.1, 0.15) is 5.71 Å². The first-order chi connectivity index (χ1) is 11.7. The zero-order valence-corrected chi connectivity index (χ0v) is 17.0. The number of hydrogen-bond acceptors (Lipinski definition) is 5. The average molecular weight is 359 g/mol. The third-order valence-corrected chi connectivity index (χ3v) is 6.33. The summed E-state index contributed by atoms with van der Waals surface area (Å²) in [6.45, 7) is 15.9.